The smallest absolute Gasteiger partial charge is 0.335 e. The highest BCUT2D eigenvalue weighted by atomic mass is 16.4. The minimum atomic E-state index is -1.58. The fourth-order valence-electron chi connectivity index (χ4n) is 2.68. The van der Waals surface area contributed by atoms with Gasteiger partial charge in [0.15, 0.2) is 5.60 Å². The lowest BCUT2D eigenvalue weighted by Gasteiger charge is -2.44. The number of hydrogen-bond acceptors (Lipinski definition) is 2. The van der Waals surface area contributed by atoms with Crippen LogP contribution in [0, 0.1) is 11.3 Å². The van der Waals surface area contributed by atoms with Crippen molar-refractivity contribution < 1.29 is 15.0 Å². The summed E-state index contributed by atoms with van der Waals surface area (Å²) in [4.78, 5) is 11.0. The predicted molar refractivity (Wildman–Crippen MR) is 54.0 cm³/mol. The van der Waals surface area contributed by atoms with E-state index in [-0.39, 0.29) is 11.3 Å². The first kappa shape index (κ1) is 11.5. The molecule has 1 saturated carbocycles. The fraction of sp³-hybridized carbons (Fsp3) is 0.909. The molecule has 1 aliphatic rings. The molecule has 0 aromatic heterocycles. The number of aliphatic hydroxyl groups is 1. The third-order valence-corrected chi connectivity index (χ3v) is 3.62. The molecular weight excluding hydrogens is 180 g/mol. The van der Waals surface area contributed by atoms with Gasteiger partial charge in [-0.05, 0) is 25.2 Å². The molecule has 0 aromatic carbocycles. The first-order chi connectivity index (χ1) is 6.28. The average molecular weight is 200 g/mol. The molecule has 1 aliphatic carbocycles. The Morgan fingerprint density at radius 1 is 1.43 bits per heavy atom. The van der Waals surface area contributed by atoms with Crippen molar-refractivity contribution in [2.24, 2.45) is 11.3 Å². The van der Waals surface area contributed by atoms with Gasteiger partial charge in [-0.3, -0.25) is 0 Å². The first-order valence-corrected chi connectivity index (χ1v) is 5.24. The molecule has 3 heteroatoms. The summed E-state index contributed by atoms with van der Waals surface area (Å²) in [5.74, 6) is -1.24. The second-order valence-electron chi connectivity index (χ2n) is 5.24. The Morgan fingerprint density at radius 3 is 2.43 bits per heavy atom. The quantitative estimate of drug-likeness (QED) is 0.717. The van der Waals surface area contributed by atoms with Gasteiger partial charge >= 0.3 is 5.97 Å². The second-order valence-corrected chi connectivity index (χ2v) is 5.24. The third-order valence-electron chi connectivity index (χ3n) is 3.62. The summed E-state index contributed by atoms with van der Waals surface area (Å²) < 4.78 is 0. The summed E-state index contributed by atoms with van der Waals surface area (Å²) in [7, 11) is 0. The highest BCUT2D eigenvalue weighted by molar-refractivity contribution is 5.77. The minimum Gasteiger partial charge on any atom is -0.479 e. The Morgan fingerprint density at radius 2 is 2.00 bits per heavy atom. The molecule has 1 rings (SSSR count). The van der Waals surface area contributed by atoms with Crippen molar-refractivity contribution in [3.8, 4) is 0 Å². The van der Waals surface area contributed by atoms with Crippen LogP contribution in [-0.2, 0) is 4.79 Å². The van der Waals surface area contributed by atoms with Gasteiger partial charge in [0.25, 0.3) is 0 Å². The maximum Gasteiger partial charge on any atom is 0.335 e. The second kappa shape index (κ2) is 3.54. The molecule has 14 heavy (non-hydrogen) atoms. The number of hydrogen-bond donors (Lipinski definition) is 2. The van der Waals surface area contributed by atoms with Gasteiger partial charge in [0, 0.05) is 5.92 Å². The summed E-state index contributed by atoms with van der Waals surface area (Å²) in [6, 6.07) is 0. The normalized spacial score (nSPS) is 30.7. The number of aliphatic carboxylic acids is 1. The monoisotopic (exact) mass is 200 g/mol. The standard InChI is InChI=1S/C11H20O3/c1-10(2)7-5-4-6-8(10)11(3,14)9(12)13/h8,14H,4-7H2,1-3H3,(H,12,13). The van der Waals surface area contributed by atoms with Gasteiger partial charge in [-0.1, -0.05) is 26.7 Å². The third kappa shape index (κ3) is 1.92. The van der Waals surface area contributed by atoms with Crippen molar-refractivity contribution in [1.29, 1.82) is 0 Å². The average Bonchev–Trinajstić information content (AvgIpc) is 2.02. The fourth-order valence-corrected chi connectivity index (χ4v) is 2.68. The van der Waals surface area contributed by atoms with Crippen LogP contribution < -0.4 is 0 Å². The van der Waals surface area contributed by atoms with Gasteiger partial charge in [0.05, 0.1) is 0 Å². The van der Waals surface area contributed by atoms with E-state index in [0.717, 1.165) is 25.7 Å². The number of carbonyl (C=O) groups is 1. The van der Waals surface area contributed by atoms with E-state index in [4.69, 9.17) is 5.11 Å². The molecule has 2 atom stereocenters. The zero-order chi connectivity index (χ0) is 11.0. The lowest BCUT2D eigenvalue weighted by molar-refractivity contribution is -0.170. The van der Waals surface area contributed by atoms with Crippen LogP contribution in [0.15, 0.2) is 0 Å². The summed E-state index contributed by atoms with van der Waals surface area (Å²) >= 11 is 0. The van der Waals surface area contributed by atoms with Crippen LogP contribution in [-0.4, -0.2) is 21.8 Å². The van der Waals surface area contributed by atoms with E-state index in [2.05, 4.69) is 0 Å². The van der Waals surface area contributed by atoms with Crippen molar-refractivity contribution >= 4 is 5.97 Å². The van der Waals surface area contributed by atoms with E-state index in [9.17, 15) is 9.90 Å². The van der Waals surface area contributed by atoms with E-state index in [0.29, 0.717) is 0 Å². The Balaban J connectivity index is 2.89. The van der Waals surface area contributed by atoms with E-state index in [1.165, 1.54) is 6.92 Å². The Hall–Kier alpha value is -0.570. The SMILES string of the molecule is CC1(C)CCCCC1C(C)(O)C(=O)O. The zero-order valence-corrected chi connectivity index (χ0v) is 9.21. The van der Waals surface area contributed by atoms with Gasteiger partial charge in [-0.15, -0.1) is 0 Å². The van der Waals surface area contributed by atoms with Gasteiger partial charge in [0.1, 0.15) is 0 Å². The maximum absolute atomic E-state index is 11.0. The highest BCUT2D eigenvalue weighted by Crippen LogP contribution is 2.45. The summed E-state index contributed by atoms with van der Waals surface area (Å²) in [6.45, 7) is 5.52. The summed E-state index contributed by atoms with van der Waals surface area (Å²) in [5, 5.41) is 18.9. The van der Waals surface area contributed by atoms with Gasteiger partial charge in [0.2, 0.25) is 0 Å². The van der Waals surface area contributed by atoms with Gasteiger partial charge < -0.3 is 10.2 Å². The van der Waals surface area contributed by atoms with Crippen molar-refractivity contribution in [3.05, 3.63) is 0 Å². The van der Waals surface area contributed by atoms with E-state index in [1.807, 2.05) is 13.8 Å². The summed E-state index contributed by atoms with van der Waals surface area (Å²) in [5.41, 5.74) is -1.65. The Labute approximate surface area is 85.1 Å². The molecular formula is C11H20O3. The van der Waals surface area contributed by atoms with Crippen molar-refractivity contribution in [2.75, 3.05) is 0 Å². The predicted octanol–water partition coefficient (Wildman–Crippen LogP) is 2.04. The molecule has 0 radical (unpaired) electrons. The van der Waals surface area contributed by atoms with E-state index >= 15 is 0 Å². The lowest BCUT2D eigenvalue weighted by Crippen LogP contribution is -2.50. The minimum absolute atomic E-state index is 0.0693. The van der Waals surface area contributed by atoms with Crippen LogP contribution in [0.5, 0.6) is 0 Å². The number of rotatable bonds is 2. The van der Waals surface area contributed by atoms with Crippen LogP contribution >= 0.6 is 0 Å². The molecule has 0 amide bonds. The Kier molecular flexibility index (Phi) is 2.91. The Bertz CT molecular complexity index is 231. The first-order valence-electron chi connectivity index (χ1n) is 5.24. The molecule has 2 unspecified atom stereocenters. The zero-order valence-electron chi connectivity index (χ0n) is 9.21. The van der Waals surface area contributed by atoms with Crippen molar-refractivity contribution in [1.82, 2.24) is 0 Å². The molecule has 2 N–H and O–H groups in total. The van der Waals surface area contributed by atoms with Crippen molar-refractivity contribution in [2.45, 2.75) is 52.1 Å². The van der Waals surface area contributed by atoms with Crippen LogP contribution in [0.1, 0.15) is 46.5 Å². The molecule has 0 bridgehead atoms. The molecule has 0 heterocycles. The molecule has 3 nitrogen and oxygen atoms in total. The van der Waals surface area contributed by atoms with E-state index < -0.39 is 11.6 Å². The number of carboxylic acid groups (broad SMARTS) is 1. The van der Waals surface area contributed by atoms with Crippen molar-refractivity contribution in [3.63, 3.8) is 0 Å². The van der Waals surface area contributed by atoms with E-state index in [1.54, 1.807) is 0 Å². The molecule has 0 aromatic rings. The van der Waals surface area contributed by atoms with Crippen LogP contribution in [0.25, 0.3) is 0 Å². The van der Waals surface area contributed by atoms with Crippen LogP contribution in [0.3, 0.4) is 0 Å². The van der Waals surface area contributed by atoms with Crippen LogP contribution in [0.4, 0.5) is 0 Å². The van der Waals surface area contributed by atoms with Crippen LogP contribution in [0.2, 0.25) is 0 Å². The number of carboxylic acids is 1. The lowest BCUT2D eigenvalue weighted by atomic mass is 9.62. The topological polar surface area (TPSA) is 57.5 Å². The largest absolute Gasteiger partial charge is 0.479 e. The molecule has 0 saturated heterocycles. The van der Waals surface area contributed by atoms with Gasteiger partial charge in [-0.25, -0.2) is 4.79 Å². The summed E-state index contributed by atoms with van der Waals surface area (Å²) in [6.07, 6.45) is 3.98. The highest BCUT2D eigenvalue weighted by Gasteiger charge is 2.48. The molecule has 1 fully saturated rings. The van der Waals surface area contributed by atoms with Gasteiger partial charge in [-0.2, -0.15) is 0 Å². The molecule has 0 aliphatic heterocycles. The molecule has 82 valence electrons. The molecule has 0 spiro atoms. The maximum atomic E-state index is 11.0.